The van der Waals surface area contributed by atoms with Crippen LogP contribution in [0.1, 0.15) is 41.4 Å². The summed E-state index contributed by atoms with van der Waals surface area (Å²) in [6, 6.07) is 32.0. The monoisotopic (exact) mass is 596 g/mol. The highest BCUT2D eigenvalue weighted by atomic mass is 16.7. The van der Waals surface area contributed by atoms with Crippen molar-refractivity contribution in [2.45, 2.75) is 24.1 Å². The summed E-state index contributed by atoms with van der Waals surface area (Å²) in [4.78, 5) is 52.3. The number of ether oxygens (including phenoxy) is 5. The number of esters is 4. The average molecular weight is 597 g/mol. The smallest absolute Gasteiger partial charge is 0.338 e. The van der Waals surface area contributed by atoms with Crippen molar-refractivity contribution in [3.63, 3.8) is 0 Å². The van der Waals surface area contributed by atoms with Gasteiger partial charge in [-0.05, 0) is 48.5 Å². The molecule has 1 unspecified atom stereocenters. The van der Waals surface area contributed by atoms with Gasteiger partial charge in [-0.2, -0.15) is 0 Å². The van der Waals surface area contributed by atoms with Crippen LogP contribution in [-0.2, 0) is 23.7 Å². The Morgan fingerprint density at radius 2 is 0.977 bits per heavy atom. The summed E-state index contributed by atoms with van der Waals surface area (Å²) in [5, 5.41) is 11.7. The van der Waals surface area contributed by atoms with Crippen molar-refractivity contribution in [3.05, 3.63) is 144 Å². The van der Waals surface area contributed by atoms with E-state index in [4.69, 9.17) is 23.7 Å². The van der Waals surface area contributed by atoms with Crippen molar-refractivity contribution in [3.8, 4) is 0 Å². The third kappa shape index (κ3) is 7.17. The molecule has 224 valence electrons. The standard InChI is InChI=1S/C34H28O10/c35-30(23-13-5-1-6-14-23)40-22-34(39)29(44-33(38)26-19-11-4-12-20-26)28(43-32(37)25-17-9-3-10-18-25)27(21-41-34)42-31(36)24-15-7-2-8-16-24/h1-20,27-29,39H,21-22H2/t27-,28-,29+,34?/m1/s1. The molecule has 4 atom stereocenters. The molecule has 1 saturated heterocycles. The summed E-state index contributed by atoms with van der Waals surface area (Å²) < 4.78 is 28.3. The second kappa shape index (κ2) is 13.8. The number of rotatable bonds is 9. The lowest BCUT2D eigenvalue weighted by Crippen LogP contribution is -2.66. The van der Waals surface area contributed by atoms with E-state index in [-0.39, 0.29) is 22.3 Å². The first-order chi connectivity index (χ1) is 21.3. The first-order valence-corrected chi connectivity index (χ1v) is 13.7. The summed E-state index contributed by atoms with van der Waals surface area (Å²) in [5.74, 6) is -5.81. The molecule has 4 aromatic rings. The Balaban J connectivity index is 1.48. The van der Waals surface area contributed by atoms with E-state index in [0.29, 0.717) is 0 Å². The molecule has 0 spiro atoms. The van der Waals surface area contributed by atoms with E-state index in [1.54, 1.807) is 72.8 Å². The molecular weight excluding hydrogens is 568 g/mol. The maximum Gasteiger partial charge on any atom is 0.338 e. The minimum absolute atomic E-state index is 0.118. The molecule has 1 fully saturated rings. The Hall–Kier alpha value is -5.32. The van der Waals surface area contributed by atoms with Gasteiger partial charge in [-0.3, -0.25) is 0 Å². The van der Waals surface area contributed by atoms with Gasteiger partial charge in [-0.1, -0.05) is 72.8 Å². The fraction of sp³-hybridized carbons (Fsp3) is 0.176. The molecule has 0 saturated carbocycles. The number of aliphatic hydroxyl groups is 1. The molecule has 0 bridgehead atoms. The second-order valence-corrected chi connectivity index (χ2v) is 9.84. The SMILES string of the molecule is O=C(OCC1(O)OC[C@@H](OC(=O)c2ccccc2)[C@@H](OC(=O)c2ccccc2)[C@@H]1OC(=O)c1ccccc1)c1ccccc1. The van der Waals surface area contributed by atoms with E-state index in [2.05, 4.69) is 0 Å². The molecule has 4 aromatic carbocycles. The minimum Gasteiger partial charge on any atom is -0.456 e. The fourth-order valence-corrected chi connectivity index (χ4v) is 4.51. The normalized spacial score (nSPS) is 21.0. The second-order valence-electron chi connectivity index (χ2n) is 9.84. The van der Waals surface area contributed by atoms with Crippen LogP contribution in [0.5, 0.6) is 0 Å². The Morgan fingerprint density at radius 1 is 0.591 bits per heavy atom. The van der Waals surface area contributed by atoms with Crippen LogP contribution in [0, 0.1) is 0 Å². The highest BCUT2D eigenvalue weighted by Gasteiger charge is 2.57. The molecular formula is C34H28O10. The van der Waals surface area contributed by atoms with Crippen molar-refractivity contribution < 1.29 is 48.0 Å². The van der Waals surface area contributed by atoms with E-state index in [1.807, 2.05) is 0 Å². The first kappa shape index (κ1) is 30.1. The molecule has 0 radical (unpaired) electrons. The molecule has 1 heterocycles. The molecule has 0 amide bonds. The van der Waals surface area contributed by atoms with E-state index < -0.39 is 61.2 Å². The van der Waals surface area contributed by atoms with Gasteiger partial charge in [0.15, 0.2) is 18.3 Å². The molecule has 1 N–H and O–H groups in total. The van der Waals surface area contributed by atoms with E-state index in [9.17, 15) is 24.3 Å². The predicted molar refractivity (Wildman–Crippen MR) is 155 cm³/mol. The number of hydrogen-bond acceptors (Lipinski definition) is 10. The van der Waals surface area contributed by atoms with Crippen LogP contribution in [0.15, 0.2) is 121 Å². The van der Waals surface area contributed by atoms with Crippen LogP contribution in [0.2, 0.25) is 0 Å². The van der Waals surface area contributed by atoms with Gasteiger partial charge in [0.1, 0.15) is 6.61 Å². The summed E-state index contributed by atoms with van der Waals surface area (Å²) in [6.45, 7) is -1.31. The van der Waals surface area contributed by atoms with Crippen molar-refractivity contribution in [1.29, 1.82) is 0 Å². The van der Waals surface area contributed by atoms with Crippen molar-refractivity contribution in [1.82, 2.24) is 0 Å². The summed E-state index contributed by atoms with van der Waals surface area (Å²) >= 11 is 0. The molecule has 1 aliphatic heterocycles. The molecule has 44 heavy (non-hydrogen) atoms. The zero-order valence-corrected chi connectivity index (χ0v) is 23.3. The van der Waals surface area contributed by atoms with Gasteiger partial charge >= 0.3 is 23.9 Å². The summed E-state index contributed by atoms with van der Waals surface area (Å²) in [7, 11) is 0. The zero-order chi connectivity index (χ0) is 30.9. The van der Waals surface area contributed by atoms with Gasteiger partial charge in [0.2, 0.25) is 5.79 Å². The molecule has 10 nitrogen and oxygen atoms in total. The Kier molecular flexibility index (Phi) is 9.43. The highest BCUT2D eigenvalue weighted by Crippen LogP contribution is 2.33. The van der Waals surface area contributed by atoms with Crippen LogP contribution in [0.25, 0.3) is 0 Å². The van der Waals surface area contributed by atoms with Gasteiger partial charge in [-0.25, -0.2) is 19.2 Å². The lowest BCUT2D eigenvalue weighted by atomic mass is 9.96. The van der Waals surface area contributed by atoms with Crippen LogP contribution in [0.3, 0.4) is 0 Å². The van der Waals surface area contributed by atoms with Crippen molar-refractivity contribution in [2.75, 3.05) is 13.2 Å². The van der Waals surface area contributed by atoms with E-state index in [0.717, 1.165) is 0 Å². The van der Waals surface area contributed by atoms with Gasteiger partial charge in [0.25, 0.3) is 0 Å². The predicted octanol–water partition coefficient (Wildman–Crippen LogP) is 4.24. The maximum absolute atomic E-state index is 13.3. The largest absolute Gasteiger partial charge is 0.456 e. The minimum atomic E-state index is -2.51. The van der Waals surface area contributed by atoms with E-state index in [1.165, 1.54) is 48.5 Å². The van der Waals surface area contributed by atoms with Gasteiger partial charge in [0, 0.05) is 0 Å². The van der Waals surface area contributed by atoms with Crippen molar-refractivity contribution >= 4 is 23.9 Å². The topological polar surface area (TPSA) is 135 Å². The van der Waals surface area contributed by atoms with Gasteiger partial charge < -0.3 is 28.8 Å². The van der Waals surface area contributed by atoms with Crippen LogP contribution in [0.4, 0.5) is 0 Å². The average Bonchev–Trinajstić information content (AvgIpc) is 3.08. The summed E-state index contributed by atoms with van der Waals surface area (Å²) in [5.41, 5.74) is 0.675. The zero-order valence-electron chi connectivity index (χ0n) is 23.3. The Bertz CT molecular complexity index is 1580. The molecule has 1 aliphatic rings. The molecule has 0 aromatic heterocycles. The number of hydrogen-bond donors (Lipinski definition) is 1. The van der Waals surface area contributed by atoms with Crippen LogP contribution < -0.4 is 0 Å². The first-order valence-electron chi connectivity index (χ1n) is 13.7. The number of carbonyl (C=O) groups excluding carboxylic acids is 4. The molecule has 0 aliphatic carbocycles. The Morgan fingerprint density at radius 3 is 1.43 bits per heavy atom. The van der Waals surface area contributed by atoms with Crippen LogP contribution >= 0.6 is 0 Å². The quantitative estimate of drug-likeness (QED) is 0.221. The number of carbonyl (C=O) groups is 4. The lowest BCUT2D eigenvalue weighted by molar-refractivity contribution is -0.327. The third-order valence-corrected chi connectivity index (χ3v) is 6.79. The molecule has 10 heteroatoms. The highest BCUT2D eigenvalue weighted by molar-refractivity contribution is 5.91. The maximum atomic E-state index is 13.3. The third-order valence-electron chi connectivity index (χ3n) is 6.79. The Labute approximate surface area is 252 Å². The van der Waals surface area contributed by atoms with Crippen LogP contribution in [-0.4, -0.2) is 66.3 Å². The van der Waals surface area contributed by atoms with Crippen molar-refractivity contribution in [2.24, 2.45) is 0 Å². The fourth-order valence-electron chi connectivity index (χ4n) is 4.51. The van der Waals surface area contributed by atoms with E-state index >= 15 is 0 Å². The van der Waals surface area contributed by atoms with Gasteiger partial charge in [0.05, 0.1) is 28.9 Å². The van der Waals surface area contributed by atoms with Gasteiger partial charge in [-0.15, -0.1) is 0 Å². The summed E-state index contributed by atoms with van der Waals surface area (Å²) in [6.07, 6.45) is -4.74. The molecule has 5 rings (SSSR count). The number of benzene rings is 4. The lowest BCUT2D eigenvalue weighted by Gasteiger charge is -2.45.